The van der Waals surface area contributed by atoms with Crippen molar-refractivity contribution in [3.63, 3.8) is 0 Å². The second-order valence-electron chi connectivity index (χ2n) is 8.21. The first-order chi connectivity index (χ1) is 14.5. The van der Waals surface area contributed by atoms with Crippen LogP contribution in [-0.2, 0) is 0 Å². The Hall–Kier alpha value is -2.81. The van der Waals surface area contributed by atoms with E-state index in [0.29, 0.717) is 41.4 Å². The molecule has 2 saturated carbocycles. The van der Waals surface area contributed by atoms with E-state index in [1.807, 2.05) is 19.1 Å². The number of aryl methyl sites for hydroxylation is 1. The first-order valence-electron chi connectivity index (χ1n) is 10.7. The van der Waals surface area contributed by atoms with E-state index in [4.69, 9.17) is 20.8 Å². The highest BCUT2D eigenvalue weighted by Crippen LogP contribution is 2.39. The molecule has 30 heavy (non-hydrogen) atoms. The number of nitrogens with two attached hydrogens (primary N) is 2. The van der Waals surface area contributed by atoms with Gasteiger partial charge in [0.25, 0.3) is 5.95 Å². The molecule has 2 fully saturated rings. The van der Waals surface area contributed by atoms with Gasteiger partial charge in [0.05, 0.1) is 35.4 Å². The number of pyridine rings is 1. The first kappa shape index (κ1) is 20.5. The Morgan fingerprint density at radius 1 is 1.20 bits per heavy atom. The van der Waals surface area contributed by atoms with Gasteiger partial charge < -0.3 is 25.3 Å². The molecule has 9 heteroatoms. The Morgan fingerprint density at radius 3 is 2.63 bits per heavy atom. The van der Waals surface area contributed by atoms with Crippen molar-refractivity contribution in [1.82, 2.24) is 20.1 Å². The van der Waals surface area contributed by atoms with E-state index in [-0.39, 0.29) is 6.10 Å². The number of hydrogen-bond acceptors (Lipinski definition) is 9. The summed E-state index contributed by atoms with van der Waals surface area (Å²) in [5.41, 5.74) is 9.07. The van der Waals surface area contributed by atoms with Gasteiger partial charge in [-0.2, -0.15) is 4.98 Å². The Bertz CT molecular complexity index is 899. The van der Waals surface area contributed by atoms with Crippen molar-refractivity contribution in [3.05, 3.63) is 35.1 Å². The molecule has 0 amide bonds. The zero-order chi connectivity index (χ0) is 21.1. The average Bonchev–Trinajstić information content (AvgIpc) is 3.48. The van der Waals surface area contributed by atoms with E-state index < -0.39 is 0 Å². The van der Waals surface area contributed by atoms with Crippen LogP contribution in [0.3, 0.4) is 0 Å². The van der Waals surface area contributed by atoms with Crippen LogP contribution in [0.5, 0.6) is 5.75 Å². The van der Waals surface area contributed by atoms with Gasteiger partial charge in [0.1, 0.15) is 5.75 Å². The molecule has 0 atom stereocenters. The lowest BCUT2D eigenvalue weighted by molar-refractivity contribution is 0.153. The van der Waals surface area contributed by atoms with Crippen molar-refractivity contribution in [2.75, 3.05) is 18.9 Å². The third-order valence-electron chi connectivity index (χ3n) is 5.68. The summed E-state index contributed by atoms with van der Waals surface area (Å²) in [7, 11) is 1.74. The zero-order valence-electron chi connectivity index (χ0n) is 17.7. The number of hydrazine groups is 1. The fourth-order valence-electron chi connectivity index (χ4n) is 3.71. The van der Waals surface area contributed by atoms with E-state index in [9.17, 15) is 0 Å². The van der Waals surface area contributed by atoms with Gasteiger partial charge in [-0.15, -0.1) is 0 Å². The highest BCUT2D eigenvalue weighted by atomic mass is 16.5. The molecule has 0 spiro atoms. The summed E-state index contributed by atoms with van der Waals surface area (Å²) in [5, 5.41) is 8.58. The topological polar surface area (TPSA) is 128 Å². The molecule has 0 saturated heterocycles. The van der Waals surface area contributed by atoms with Crippen LogP contribution in [0, 0.1) is 6.92 Å². The number of nitrogens with one attached hydrogen (secondary N) is 1. The molecule has 2 aromatic heterocycles. The maximum absolute atomic E-state index is 6.42. The summed E-state index contributed by atoms with van der Waals surface area (Å²) in [6.07, 6.45) is 8.47. The van der Waals surface area contributed by atoms with Gasteiger partial charge in [0, 0.05) is 13.0 Å². The van der Waals surface area contributed by atoms with Crippen molar-refractivity contribution in [2.45, 2.75) is 63.9 Å². The van der Waals surface area contributed by atoms with Gasteiger partial charge in [-0.3, -0.25) is 0 Å². The van der Waals surface area contributed by atoms with Crippen LogP contribution < -0.4 is 21.6 Å². The van der Waals surface area contributed by atoms with Gasteiger partial charge >= 0.3 is 0 Å². The molecule has 0 aliphatic heterocycles. The number of likely N-dealkylation sites (N-methyl/N-ethyl adjacent to an activating group) is 1. The molecule has 0 aromatic carbocycles. The van der Waals surface area contributed by atoms with Gasteiger partial charge in [0.2, 0.25) is 5.89 Å². The molecular formula is C21H31N7O2. The molecule has 2 aliphatic carbocycles. The number of anilines is 1. The Labute approximate surface area is 176 Å². The zero-order valence-corrected chi connectivity index (χ0v) is 17.7. The van der Waals surface area contributed by atoms with Gasteiger partial charge in [0.15, 0.2) is 0 Å². The Balaban J connectivity index is 1.46. The standard InChI is InChI=1S/C21H31N7O2/c1-13-18(29-15-6-4-3-5-7-15)11-10-16(25-13)19(22)17(28(2)23)12-24-21-26-20(30-27-21)14-8-9-14/h10-11,14-15H,3-9,12,22-23H2,1-2H3,(H,24,27)/b19-17-. The molecule has 2 heterocycles. The van der Waals surface area contributed by atoms with Crippen molar-refractivity contribution in [2.24, 2.45) is 11.6 Å². The van der Waals surface area contributed by atoms with Crippen molar-refractivity contribution in [1.29, 1.82) is 0 Å². The summed E-state index contributed by atoms with van der Waals surface area (Å²) in [5.74, 6) is 8.38. The highest BCUT2D eigenvalue weighted by molar-refractivity contribution is 5.64. The number of hydrogen-bond donors (Lipinski definition) is 3. The highest BCUT2D eigenvalue weighted by Gasteiger charge is 2.29. The smallest absolute Gasteiger partial charge is 0.263 e. The monoisotopic (exact) mass is 413 g/mol. The van der Waals surface area contributed by atoms with Crippen LogP contribution in [0.2, 0.25) is 0 Å². The predicted molar refractivity (Wildman–Crippen MR) is 114 cm³/mol. The molecule has 0 radical (unpaired) electrons. The number of ether oxygens (including phenoxy) is 1. The number of rotatable bonds is 8. The second kappa shape index (κ2) is 8.91. The van der Waals surface area contributed by atoms with Crippen LogP contribution in [-0.4, -0.2) is 39.8 Å². The summed E-state index contributed by atoms with van der Waals surface area (Å²) in [6, 6.07) is 3.82. The Morgan fingerprint density at radius 2 is 1.97 bits per heavy atom. The lowest BCUT2D eigenvalue weighted by Crippen LogP contribution is -2.32. The van der Waals surface area contributed by atoms with Crippen LogP contribution in [0.4, 0.5) is 5.95 Å². The molecule has 5 N–H and O–H groups in total. The summed E-state index contributed by atoms with van der Waals surface area (Å²) in [4.78, 5) is 9.04. The molecule has 0 bridgehead atoms. The van der Waals surface area contributed by atoms with E-state index in [2.05, 4.69) is 20.4 Å². The van der Waals surface area contributed by atoms with Crippen LogP contribution in [0.25, 0.3) is 5.70 Å². The summed E-state index contributed by atoms with van der Waals surface area (Å²) in [6.45, 7) is 2.29. The first-order valence-corrected chi connectivity index (χ1v) is 10.7. The van der Waals surface area contributed by atoms with Gasteiger partial charge in [-0.05, 0) is 62.7 Å². The minimum atomic E-state index is 0.281. The van der Waals surface area contributed by atoms with Crippen molar-refractivity contribution < 1.29 is 9.26 Å². The van der Waals surface area contributed by atoms with E-state index in [0.717, 1.165) is 37.1 Å². The van der Waals surface area contributed by atoms with Crippen LogP contribution in [0.1, 0.15) is 68.1 Å². The maximum Gasteiger partial charge on any atom is 0.263 e. The molecule has 9 nitrogen and oxygen atoms in total. The summed E-state index contributed by atoms with van der Waals surface area (Å²) < 4.78 is 11.4. The van der Waals surface area contributed by atoms with E-state index in [1.165, 1.54) is 24.3 Å². The molecule has 2 aromatic rings. The molecule has 162 valence electrons. The number of aromatic nitrogens is 3. The quantitative estimate of drug-likeness (QED) is 0.442. The lowest BCUT2D eigenvalue weighted by atomic mass is 9.98. The minimum absolute atomic E-state index is 0.281. The maximum atomic E-state index is 6.42. The van der Waals surface area contributed by atoms with Crippen molar-refractivity contribution >= 4 is 11.6 Å². The van der Waals surface area contributed by atoms with Gasteiger partial charge in [-0.25, -0.2) is 10.8 Å². The van der Waals surface area contributed by atoms with Crippen LogP contribution >= 0.6 is 0 Å². The lowest BCUT2D eigenvalue weighted by Gasteiger charge is -2.24. The fraction of sp³-hybridized carbons (Fsp3) is 0.571. The fourth-order valence-corrected chi connectivity index (χ4v) is 3.71. The van der Waals surface area contributed by atoms with Gasteiger partial charge in [-0.1, -0.05) is 6.42 Å². The minimum Gasteiger partial charge on any atom is -0.489 e. The molecule has 0 unspecified atom stereocenters. The second-order valence-corrected chi connectivity index (χ2v) is 8.21. The molecule has 2 aliphatic rings. The Kier molecular flexibility index (Phi) is 6.08. The molecular weight excluding hydrogens is 382 g/mol. The largest absolute Gasteiger partial charge is 0.489 e. The SMILES string of the molecule is Cc1nc(/C(N)=C(\CNc2noc(C3CC3)n2)N(C)N)ccc1OC1CCCCC1. The summed E-state index contributed by atoms with van der Waals surface area (Å²) >= 11 is 0. The van der Waals surface area contributed by atoms with E-state index in [1.54, 1.807) is 7.05 Å². The molecule has 4 rings (SSSR count). The average molecular weight is 414 g/mol. The third-order valence-corrected chi connectivity index (χ3v) is 5.68. The number of nitrogens with zero attached hydrogens (tertiary/aromatic N) is 4. The third kappa shape index (κ3) is 4.84. The van der Waals surface area contributed by atoms with Crippen molar-refractivity contribution in [3.8, 4) is 5.75 Å². The van der Waals surface area contributed by atoms with Crippen LogP contribution in [0.15, 0.2) is 22.4 Å². The van der Waals surface area contributed by atoms with E-state index >= 15 is 0 Å². The predicted octanol–water partition coefficient (Wildman–Crippen LogP) is 2.91. The normalized spacial score (nSPS) is 18.1.